The fraction of sp³-hybridized carbons (Fsp3) is 1.00. The maximum Gasteiger partial charge on any atom is 0.0628 e. The Labute approximate surface area is 55.7 Å². The van der Waals surface area contributed by atoms with Crippen molar-refractivity contribution < 1.29 is 5.11 Å². The Morgan fingerprint density at radius 3 is 2.25 bits per heavy atom. The summed E-state index contributed by atoms with van der Waals surface area (Å²) in [6.07, 6.45) is 1.46. The summed E-state index contributed by atoms with van der Waals surface area (Å²) in [6, 6.07) is 0. The number of aliphatic hydroxyl groups is 1. The van der Waals surface area contributed by atoms with Crippen LogP contribution in [0.2, 0.25) is 0 Å². The van der Waals surface area contributed by atoms with E-state index in [-0.39, 0.29) is 0 Å². The molecular formula is C6H13ClO. The van der Waals surface area contributed by atoms with Crippen molar-refractivity contribution >= 4 is 11.6 Å². The van der Waals surface area contributed by atoms with Crippen LogP contribution in [-0.2, 0) is 0 Å². The Hall–Kier alpha value is 0.250. The van der Waals surface area contributed by atoms with Crippen LogP contribution in [0.3, 0.4) is 0 Å². The zero-order chi connectivity index (χ0) is 6.62. The molecule has 0 saturated heterocycles. The van der Waals surface area contributed by atoms with E-state index in [1.807, 2.05) is 6.92 Å². The number of hydrogen-bond donors (Lipinski definition) is 1. The quantitative estimate of drug-likeness (QED) is 0.587. The topological polar surface area (TPSA) is 20.2 Å². The second-order valence-electron chi connectivity index (χ2n) is 2.29. The predicted octanol–water partition coefficient (Wildman–Crippen LogP) is 1.78. The molecule has 0 fully saturated rings. The van der Waals surface area contributed by atoms with Gasteiger partial charge in [0.2, 0.25) is 0 Å². The molecule has 0 heterocycles. The van der Waals surface area contributed by atoms with Crippen LogP contribution in [0.4, 0.5) is 0 Å². The first-order chi connectivity index (χ1) is 3.62. The van der Waals surface area contributed by atoms with Crippen LogP contribution in [0, 0.1) is 0 Å². The molecule has 0 bridgehead atoms. The van der Waals surface area contributed by atoms with Crippen molar-refractivity contribution in [2.24, 2.45) is 0 Å². The van der Waals surface area contributed by atoms with Crippen molar-refractivity contribution in [3.8, 4) is 0 Å². The molecule has 50 valence electrons. The fourth-order valence-electron chi connectivity index (χ4n) is 0.380. The maximum absolute atomic E-state index is 9.24. The zero-order valence-electron chi connectivity index (χ0n) is 5.45. The third kappa shape index (κ3) is 3.28. The summed E-state index contributed by atoms with van der Waals surface area (Å²) >= 11 is 5.40. The highest BCUT2D eigenvalue weighted by atomic mass is 35.5. The Kier molecular flexibility index (Phi) is 3.41. The Morgan fingerprint density at radius 2 is 2.12 bits per heavy atom. The third-order valence-corrected chi connectivity index (χ3v) is 1.58. The van der Waals surface area contributed by atoms with Gasteiger partial charge in [0.15, 0.2) is 0 Å². The summed E-state index contributed by atoms with van der Waals surface area (Å²) in [7, 11) is 0. The Bertz CT molecular complexity index is 61.5. The molecule has 0 spiro atoms. The molecule has 1 nitrogen and oxygen atoms in total. The number of hydrogen-bond acceptors (Lipinski definition) is 1. The van der Waals surface area contributed by atoms with Crippen LogP contribution in [0.15, 0.2) is 0 Å². The standard InChI is InChI=1S/C6H13ClO/c1-3-6(2,8)4-5-7/h8H,3-5H2,1-2H3. The minimum Gasteiger partial charge on any atom is -0.390 e. The van der Waals surface area contributed by atoms with Gasteiger partial charge in [-0.1, -0.05) is 6.92 Å². The van der Waals surface area contributed by atoms with E-state index in [1.54, 1.807) is 6.92 Å². The van der Waals surface area contributed by atoms with Gasteiger partial charge in [0, 0.05) is 5.88 Å². The molecule has 0 rings (SSSR count). The lowest BCUT2D eigenvalue weighted by Crippen LogP contribution is -2.22. The number of halogens is 1. The van der Waals surface area contributed by atoms with Crippen LogP contribution < -0.4 is 0 Å². The summed E-state index contributed by atoms with van der Waals surface area (Å²) in [4.78, 5) is 0. The molecule has 0 aromatic rings. The van der Waals surface area contributed by atoms with Gasteiger partial charge < -0.3 is 5.11 Å². The van der Waals surface area contributed by atoms with Gasteiger partial charge >= 0.3 is 0 Å². The molecule has 0 aliphatic heterocycles. The molecule has 0 aliphatic rings. The van der Waals surface area contributed by atoms with E-state index in [4.69, 9.17) is 11.6 Å². The molecule has 0 aromatic carbocycles. The van der Waals surface area contributed by atoms with Crippen LogP contribution in [0.1, 0.15) is 26.7 Å². The summed E-state index contributed by atoms with van der Waals surface area (Å²) < 4.78 is 0. The van der Waals surface area contributed by atoms with Gasteiger partial charge in [-0.3, -0.25) is 0 Å². The predicted molar refractivity (Wildman–Crippen MR) is 36.3 cm³/mol. The van der Waals surface area contributed by atoms with Crippen molar-refractivity contribution in [3.05, 3.63) is 0 Å². The third-order valence-electron chi connectivity index (χ3n) is 1.39. The molecule has 0 aromatic heterocycles. The van der Waals surface area contributed by atoms with Gasteiger partial charge in [-0.15, -0.1) is 11.6 Å². The van der Waals surface area contributed by atoms with E-state index in [0.717, 1.165) is 6.42 Å². The molecule has 0 aliphatic carbocycles. The summed E-state index contributed by atoms with van der Waals surface area (Å²) in [5.41, 5.74) is -0.540. The SMILES string of the molecule is CCC(C)(O)CCCl. The first-order valence-corrected chi connectivity index (χ1v) is 3.44. The zero-order valence-corrected chi connectivity index (χ0v) is 6.20. The molecule has 8 heavy (non-hydrogen) atoms. The second kappa shape index (κ2) is 3.31. The largest absolute Gasteiger partial charge is 0.390 e. The van der Waals surface area contributed by atoms with Gasteiger partial charge in [0.05, 0.1) is 5.60 Å². The lowest BCUT2D eigenvalue weighted by Gasteiger charge is -2.18. The van der Waals surface area contributed by atoms with E-state index in [2.05, 4.69) is 0 Å². The Balaban J connectivity index is 3.37. The molecular weight excluding hydrogens is 124 g/mol. The van der Waals surface area contributed by atoms with Crippen molar-refractivity contribution in [2.45, 2.75) is 32.3 Å². The van der Waals surface area contributed by atoms with Gasteiger partial charge in [0.25, 0.3) is 0 Å². The average molecular weight is 137 g/mol. The minimum atomic E-state index is -0.540. The first kappa shape index (κ1) is 8.25. The van der Waals surface area contributed by atoms with E-state index >= 15 is 0 Å². The van der Waals surface area contributed by atoms with Crippen LogP contribution in [-0.4, -0.2) is 16.6 Å². The molecule has 2 heteroatoms. The number of alkyl halides is 1. The molecule has 0 amide bonds. The molecule has 1 unspecified atom stereocenters. The van der Waals surface area contributed by atoms with Crippen molar-refractivity contribution in [2.75, 3.05) is 5.88 Å². The van der Waals surface area contributed by atoms with Crippen LogP contribution >= 0.6 is 11.6 Å². The molecule has 1 atom stereocenters. The van der Waals surface area contributed by atoms with Crippen LogP contribution in [0.25, 0.3) is 0 Å². The Morgan fingerprint density at radius 1 is 1.62 bits per heavy atom. The van der Waals surface area contributed by atoms with Gasteiger partial charge in [-0.2, -0.15) is 0 Å². The van der Waals surface area contributed by atoms with Crippen molar-refractivity contribution in [3.63, 3.8) is 0 Å². The molecule has 0 saturated carbocycles. The first-order valence-electron chi connectivity index (χ1n) is 2.91. The normalized spacial score (nSPS) is 18.0. The summed E-state index contributed by atoms with van der Waals surface area (Å²) in [5, 5.41) is 9.24. The second-order valence-corrected chi connectivity index (χ2v) is 2.67. The molecule has 0 radical (unpaired) electrons. The highest BCUT2D eigenvalue weighted by molar-refractivity contribution is 6.17. The highest BCUT2D eigenvalue weighted by Gasteiger charge is 2.15. The lowest BCUT2D eigenvalue weighted by atomic mass is 10.0. The fourth-order valence-corrected chi connectivity index (χ4v) is 0.787. The number of rotatable bonds is 3. The smallest absolute Gasteiger partial charge is 0.0628 e. The van der Waals surface area contributed by atoms with E-state index in [0.29, 0.717) is 12.3 Å². The summed E-state index contributed by atoms with van der Waals surface area (Å²) in [5.74, 6) is 0.543. The van der Waals surface area contributed by atoms with Gasteiger partial charge in [0.1, 0.15) is 0 Å². The highest BCUT2D eigenvalue weighted by Crippen LogP contribution is 2.13. The van der Waals surface area contributed by atoms with Crippen LogP contribution in [0.5, 0.6) is 0 Å². The average Bonchev–Trinajstić information content (AvgIpc) is 1.67. The van der Waals surface area contributed by atoms with E-state index in [1.165, 1.54) is 0 Å². The van der Waals surface area contributed by atoms with Gasteiger partial charge in [-0.05, 0) is 19.8 Å². The minimum absolute atomic E-state index is 0.540. The van der Waals surface area contributed by atoms with Crippen molar-refractivity contribution in [1.82, 2.24) is 0 Å². The van der Waals surface area contributed by atoms with E-state index < -0.39 is 5.60 Å². The van der Waals surface area contributed by atoms with E-state index in [9.17, 15) is 5.11 Å². The monoisotopic (exact) mass is 136 g/mol. The maximum atomic E-state index is 9.24. The molecule has 1 N–H and O–H groups in total. The summed E-state index contributed by atoms with van der Waals surface area (Å²) in [6.45, 7) is 3.75. The van der Waals surface area contributed by atoms with Gasteiger partial charge in [-0.25, -0.2) is 0 Å². The van der Waals surface area contributed by atoms with Crippen molar-refractivity contribution in [1.29, 1.82) is 0 Å². The lowest BCUT2D eigenvalue weighted by molar-refractivity contribution is 0.0530.